The van der Waals surface area contributed by atoms with Gasteiger partial charge < -0.3 is 4.74 Å². The SMILES string of the molecule is C=CCOc1nc(C)c(-c2ccc(C=C)cc2)nc1C. The third-order valence-electron chi connectivity index (χ3n) is 2.96. The highest BCUT2D eigenvalue weighted by molar-refractivity contribution is 5.64. The maximum atomic E-state index is 5.49. The molecule has 1 aromatic carbocycles. The Labute approximate surface area is 119 Å². The second-order valence-corrected chi connectivity index (χ2v) is 4.47. The van der Waals surface area contributed by atoms with Crippen LogP contribution in [0.25, 0.3) is 17.3 Å². The normalized spacial score (nSPS) is 10.1. The summed E-state index contributed by atoms with van der Waals surface area (Å²) in [5, 5.41) is 0. The molecule has 1 aromatic heterocycles. The molecule has 0 saturated carbocycles. The largest absolute Gasteiger partial charge is 0.472 e. The summed E-state index contributed by atoms with van der Waals surface area (Å²) in [6, 6.07) is 8.08. The Morgan fingerprint density at radius 2 is 1.75 bits per heavy atom. The van der Waals surface area contributed by atoms with Crippen LogP contribution in [-0.2, 0) is 0 Å². The molecule has 0 aliphatic heterocycles. The summed E-state index contributed by atoms with van der Waals surface area (Å²) in [4.78, 5) is 9.08. The molecule has 2 rings (SSSR count). The van der Waals surface area contributed by atoms with Crippen molar-refractivity contribution in [2.24, 2.45) is 0 Å². The van der Waals surface area contributed by atoms with Crippen molar-refractivity contribution in [3.8, 4) is 17.1 Å². The van der Waals surface area contributed by atoms with Crippen molar-refractivity contribution < 1.29 is 4.74 Å². The summed E-state index contributed by atoms with van der Waals surface area (Å²) in [5.74, 6) is 0.564. The number of benzene rings is 1. The number of hydrogen-bond acceptors (Lipinski definition) is 3. The maximum absolute atomic E-state index is 5.49. The van der Waals surface area contributed by atoms with Gasteiger partial charge in [-0.05, 0) is 19.4 Å². The molecule has 2 aromatic rings. The highest BCUT2D eigenvalue weighted by Crippen LogP contribution is 2.24. The average Bonchev–Trinajstić information content (AvgIpc) is 2.48. The molecule has 0 bridgehead atoms. The smallest absolute Gasteiger partial charge is 0.235 e. The number of aromatic nitrogens is 2. The second-order valence-electron chi connectivity index (χ2n) is 4.47. The minimum atomic E-state index is 0.433. The Bertz CT molecular complexity index is 630. The standard InChI is InChI=1S/C17H18N2O/c1-5-11-20-17-13(4)18-16(12(3)19-17)15-9-7-14(6-2)8-10-15/h5-10H,1-2,11H2,3-4H3. The van der Waals surface area contributed by atoms with Gasteiger partial charge in [-0.3, -0.25) is 0 Å². The predicted molar refractivity (Wildman–Crippen MR) is 82.7 cm³/mol. The van der Waals surface area contributed by atoms with E-state index in [4.69, 9.17) is 4.74 Å². The average molecular weight is 266 g/mol. The number of nitrogens with zero attached hydrogens (tertiary/aromatic N) is 2. The van der Waals surface area contributed by atoms with E-state index in [0.29, 0.717) is 12.5 Å². The molecule has 3 nitrogen and oxygen atoms in total. The van der Waals surface area contributed by atoms with Crippen LogP contribution < -0.4 is 4.74 Å². The lowest BCUT2D eigenvalue weighted by Gasteiger charge is -2.10. The molecule has 0 aliphatic carbocycles. The van der Waals surface area contributed by atoms with E-state index in [1.807, 2.05) is 44.2 Å². The molecule has 20 heavy (non-hydrogen) atoms. The Balaban J connectivity index is 2.38. The first kappa shape index (κ1) is 14.0. The second kappa shape index (κ2) is 6.15. The van der Waals surface area contributed by atoms with Gasteiger partial charge in [0.1, 0.15) is 12.3 Å². The number of rotatable bonds is 5. The fraction of sp³-hybridized carbons (Fsp3) is 0.176. The fourth-order valence-corrected chi connectivity index (χ4v) is 1.91. The first-order chi connectivity index (χ1) is 9.65. The van der Waals surface area contributed by atoms with Crippen LogP contribution in [0, 0.1) is 13.8 Å². The first-order valence-electron chi connectivity index (χ1n) is 6.47. The molecule has 0 amide bonds. The van der Waals surface area contributed by atoms with Crippen molar-refractivity contribution in [3.05, 3.63) is 60.5 Å². The lowest BCUT2D eigenvalue weighted by molar-refractivity contribution is 0.343. The van der Waals surface area contributed by atoms with Gasteiger partial charge in [0.15, 0.2) is 0 Å². The maximum Gasteiger partial charge on any atom is 0.235 e. The van der Waals surface area contributed by atoms with Gasteiger partial charge >= 0.3 is 0 Å². The molecule has 1 heterocycles. The van der Waals surface area contributed by atoms with Gasteiger partial charge in [0, 0.05) is 5.56 Å². The molecule has 0 radical (unpaired) electrons. The van der Waals surface area contributed by atoms with Gasteiger partial charge in [-0.15, -0.1) is 0 Å². The summed E-state index contributed by atoms with van der Waals surface area (Å²) < 4.78 is 5.49. The van der Waals surface area contributed by atoms with E-state index >= 15 is 0 Å². The summed E-state index contributed by atoms with van der Waals surface area (Å²) in [5.41, 5.74) is 4.63. The topological polar surface area (TPSA) is 35.0 Å². The molecule has 0 atom stereocenters. The minimum Gasteiger partial charge on any atom is -0.472 e. The molecular weight excluding hydrogens is 248 g/mol. The molecule has 0 spiro atoms. The number of hydrogen-bond donors (Lipinski definition) is 0. The van der Waals surface area contributed by atoms with Crippen LogP contribution in [0.5, 0.6) is 5.88 Å². The van der Waals surface area contributed by atoms with Crippen molar-refractivity contribution in [2.75, 3.05) is 6.61 Å². The van der Waals surface area contributed by atoms with Crippen molar-refractivity contribution in [2.45, 2.75) is 13.8 Å². The minimum absolute atomic E-state index is 0.433. The molecule has 0 aliphatic rings. The first-order valence-corrected chi connectivity index (χ1v) is 6.47. The van der Waals surface area contributed by atoms with Crippen molar-refractivity contribution in [1.29, 1.82) is 0 Å². The van der Waals surface area contributed by atoms with Gasteiger partial charge in [0.2, 0.25) is 5.88 Å². The third kappa shape index (κ3) is 2.94. The van der Waals surface area contributed by atoms with E-state index in [9.17, 15) is 0 Å². The van der Waals surface area contributed by atoms with Crippen molar-refractivity contribution in [3.63, 3.8) is 0 Å². The molecule has 102 valence electrons. The van der Waals surface area contributed by atoms with Crippen LogP contribution in [0.1, 0.15) is 17.0 Å². The molecular formula is C17H18N2O. The summed E-state index contributed by atoms with van der Waals surface area (Å²) in [6.45, 7) is 11.6. The lowest BCUT2D eigenvalue weighted by Crippen LogP contribution is -2.03. The molecule has 0 fully saturated rings. The third-order valence-corrected chi connectivity index (χ3v) is 2.96. The zero-order valence-electron chi connectivity index (χ0n) is 11.9. The van der Waals surface area contributed by atoms with Crippen LogP contribution in [-0.4, -0.2) is 16.6 Å². The molecule has 0 saturated heterocycles. The van der Waals surface area contributed by atoms with Gasteiger partial charge in [0.05, 0.1) is 11.4 Å². The highest BCUT2D eigenvalue weighted by Gasteiger charge is 2.10. The Hall–Kier alpha value is -2.42. The zero-order valence-corrected chi connectivity index (χ0v) is 11.9. The molecule has 0 N–H and O–H groups in total. The van der Waals surface area contributed by atoms with Gasteiger partial charge in [-0.1, -0.05) is 49.6 Å². The van der Waals surface area contributed by atoms with Crippen LogP contribution in [0.2, 0.25) is 0 Å². The monoisotopic (exact) mass is 266 g/mol. The highest BCUT2D eigenvalue weighted by atomic mass is 16.5. The van der Waals surface area contributed by atoms with Crippen LogP contribution >= 0.6 is 0 Å². The van der Waals surface area contributed by atoms with Crippen LogP contribution in [0.15, 0.2) is 43.5 Å². The number of ether oxygens (including phenoxy) is 1. The van der Waals surface area contributed by atoms with Crippen molar-refractivity contribution in [1.82, 2.24) is 9.97 Å². The lowest BCUT2D eigenvalue weighted by atomic mass is 10.1. The van der Waals surface area contributed by atoms with E-state index in [0.717, 1.165) is 28.2 Å². The zero-order chi connectivity index (χ0) is 14.5. The Morgan fingerprint density at radius 3 is 2.35 bits per heavy atom. The predicted octanol–water partition coefficient (Wildman–Crippen LogP) is 3.97. The van der Waals surface area contributed by atoms with Gasteiger partial charge in [-0.25, -0.2) is 9.97 Å². The van der Waals surface area contributed by atoms with E-state index in [-0.39, 0.29) is 0 Å². The van der Waals surface area contributed by atoms with E-state index < -0.39 is 0 Å². The molecule has 0 unspecified atom stereocenters. The fourth-order valence-electron chi connectivity index (χ4n) is 1.91. The van der Waals surface area contributed by atoms with Crippen LogP contribution in [0.3, 0.4) is 0 Å². The van der Waals surface area contributed by atoms with E-state index in [1.165, 1.54) is 0 Å². The van der Waals surface area contributed by atoms with E-state index in [2.05, 4.69) is 23.1 Å². The molecule has 3 heteroatoms. The van der Waals surface area contributed by atoms with Crippen LogP contribution in [0.4, 0.5) is 0 Å². The van der Waals surface area contributed by atoms with Gasteiger partial charge in [-0.2, -0.15) is 0 Å². The van der Waals surface area contributed by atoms with Gasteiger partial charge in [0.25, 0.3) is 0 Å². The summed E-state index contributed by atoms with van der Waals surface area (Å²) in [7, 11) is 0. The Kier molecular flexibility index (Phi) is 4.31. The van der Waals surface area contributed by atoms with Crippen molar-refractivity contribution >= 4 is 6.08 Å². The van der Waals surface area contributed by atoms with E-state index in [1.54, 1.807) is 6.08 Å². The number of aryl methyl sites for hydroxylation is 2. The summed E-state index contributed by atoms with van der Waals surface area (Å²) >= 11 is 0. The Morgan fingerprint density at radius 1 is 1.05 bits per heavy atom. The quantitative estimate of drug-likeness (QED) is 0.768. The summed E-state index contributed by atoms with van der Waals surface area (Å²) in [6.07, 6.45) is 3.51.